The maximum absolute atomic E-state index is 11.4. The van der Waals surface area contributed by atoms with E-state index < -0.39 is 0 Å². The van der Waals surface area contributed by atoms with E-state index in [1.54, 1.807) is 19.2 Å². The van der Waals surface area contributed by atoms with Crippen molar-refractivity contribution in [2.75, 3.05) is 19.2 Å². The fourth-order valence-corrected chi connectivity index (χ4v) is 1.92. The lowest BCUT2D eigenvalue weighted by molar-refractivity contribution is 0.0957. The predicted octanol–water partition coefficient (Wildman–Crippen LogP) is 1.18. The molecule has 1 aliphatic rings. The average Bonchev–Trinajstić information content (AvgIpc) is 3.00. The summed E-state index contributed by atoms with van der Waals surface area (Å²) in [5.74, 6) is 1.84. The molecular formula is C14H14N4O3. The highest BCUT2D eigenvalue weighted by Gasteiger charge is 2.13. The van der Waals surface area contributed by atoms with Gasteiger partial charge in [0.15, 0.2) is 17.2 Å². The Morgan fingerprint density at radius 3 is 2.81 bits per heavy atom. The normalized spacial score (nSPS) is 12.0. The first-order valence-electron chi connectivity index (χ1n) is 6.44. The van der Waals surface area contributed by atoms with Crippen LogP contribution in [0.4, 0.5) is 5.82 Å². The largest absolute Gasteiger partial charge is 0.454 e. The van der Waals surface area contributed by atoms with E-state index in [0.717, 1.165) is 17.1 Å². The lowest BCUT2D eigenvalue weighted by Gasteiger charge is -2.06. The number of carbonyl (C=O) groups excluding carboxylic acids is 1. The van der Waals surface area contributed by atoms with Crippen LogP contribution in [-0.4, -0.2) is 29.9 Å². The number of carbonyl (C=O) groups is 1. The van der Waals surface area contributed by atoms with Crippen LogP contribution in [0.15, 0.2) is 30.3 Å². The van der Waals surface area contributed by atoms with Crippen molar-refractivity contribution in [2.24, 2.45) is 0 Å². The van der Waals surface area contributed by atoms with Gasteiger partial charge in [0.2, 0.25) is 6.79 Å². The smallest absolute Gasteiger partial charge is 0.271 e. The van der Waals surface area contributed by atoms with Gasteiger partial charge in [-0.3, -0.25) is 4.79 Å². The Bertz CT molecular complexity index is 658. The van der Waals surface area contributed by atoms with Crippen molar-refractivity contribution in [3.05, 3.63) is 41.6 Å². The first-order chi connectivity index (χ1) is 10.3. The second-order valence-electron chi connectivity index (χ2n) is 4.42. The summed E-state index contributed by atoms with van der Waals surface area (Å²) < 4.78 is 10.6. The molecule has 0 saturated carbocycles. The molecule has 2 heterocycles. The summed E-state index contributed by atoms with van der Waals surface area (Å²) in [6.07, 6.45) is 0. The Balaban J connectivity index is 1.63. The number of hydrogen-bond acceptors (Lipinski definition) is 6. The van der Waals surface area contributed by atoms with Crippen molar-refractivity contribution in [1.29, 1.82) is 0 Å². The van der Waals surface area contributed by atoms with E-state index in [4.69, 9.17) is 9.47 Å². The molecular weight excluding hydrogens is 272 g/mol. The average molecular weight is 286 g/mol. The third kappa shape index (κ3) is 2.86. The number of amides is 1. The molecule has 0 aliphatic carbocycles. The van der Waals surface area contributed by atoms with Gasteiger partial charge < -0.3 is 20.1 Å². The van der Waals surface area contributed by atoms with Crippen LogP contribution in [0.5, 0.6) is 11.5 Å². The molecule has 7 heteroatoms. The fourth-order valence-electron chi connectivity index (χ4n) is 1.92. The van der Waals surface area contributed by atoms with Crippen LogP contribution in [0.1, 0.15) is 16.1 Å². The number of hydrogen-bond donors (Lipinski definition) is 2. The highest BCUT2D eigenvalue weighted by molar-refractivity contribution is 5.91. The molecule has 0 fully saturated rings. The van der Waals surface area contributed by atoms with Crippen LogP contribution >= 0.6 is 0 Å². The van der Waals surface area contributed by atoms with E-state index in [1.165, 1.54) is 0 Å². The first kappa shape index (κ1) is 13.2. The summed E-state index contributed by atoms with van der Waals surface area (Å²) in [6.45, 7) is 0.837. The zero-order chi connectivity index (χ0) is 14.7. The van der Waals surface area contributed by atoms with Crippen molar-refractivity contribution in [3.8, 4) is 11.5 Å². The minimum absolute atomic E-state index is 0.259. The Hall–Kier alpha value is -2.83. The summed E-state index contributed by atoms with van der Waals surface area (Å²) >= 11 is 0. The molecule has 7 nitrogen and oxygen atoms in total. The standard InChI is InChI=1S/C14H14N4O3/c1-15-14(19)10-3-5-13(18-17-10)16-7-9-2-4-11-12(6-9)21-8-20-11/h2-6H,7-8H2,1H3,(H,15,19)(H,16,18). The van der Waals surface area contributed by atoms with Crippen molar-refractivity contribution in [2.45, 2.75) is 6.54 Å². The summed E-state index contributed by atoms with van der Waals surface area (Å²) in [5, 5.41) is 13.4. The zero-order valence-corrected chi connectivity index (χ0v) is 11.4. The fraction of sp³-hybridized carbons (Fsp3) is 0.214. The molecule has 21 heavy (non-hydrogen) atoms. The molecule has 0 atom stereocenters. The number of ether oxygens (including phenoxy) is 2. The van der Waals surface area contributed by atoms with Crippen molar-refractivity contribution >= 4 is 11.7 Å². The third-order valence-electron chi connectivity index (χ3n) is 3.03. The SMILES string of the molecule is CNC(=O)c1ccc(NCc2ccc3c(c2)OCO3)nn1. The van der Waals surface area contributed by atoms with Gasteiger partial charge in [-0.2, -0.15) is 0 Å². The van der Waals surface area contributed by atoms with E-state index in [1.807, 2.05) is 18.2 Å². The Kier molecular flexibility index (Phi) is 3.55. The van der Waals surface area contributed by atoms with E-state index >= 15 is 0 Å². The summed E-state index contributed by atoms with van der Waals surface area (Å²) in [4.78, 5) is 11.4. The Labute approximate surface area is 121 Å². The summed E-state index contributed by atoms with van der Waals surface area (Å²) in [6, 6.07) is 9.08. The molecule has 2 aromatic rings. The molecule has 0 bridgehead atoms. The van der Waals surface area contributed by atoms with Gasteiger partial charge in [-0.05, 0) is 29.8 Å². The number of benzene rings is 1. The van der Waals surface area contributed by atoms with Gasteiger partial charge in [-0.1, -0.05) is 6.07 Å². The molecule has 108 valence electrons. The van der Waals surface area contributed by atoms with Crippen LogP contribution in [0.3, 0.4) is 0 Å². The lowest BCUT2D eigenvalue weighted by atomic mass is 10.2. The van der Waals surface area contributed by atoms with Crippen LogP contribution in [-0.2, 0) is 6.54 Å². The molecule has 1 aliphatic heterocycles. The summed E-state index contributed by atoms with van der Waals surface area (Å²) in [5.41, 5.74) is 1.32. The molecule has 0 saturated heterocycles. The predicted molar refractivity (Wildman–Crippen MR) is 75.3 cm³/mol. The van der Waals surface area contributed by atoms with Crippen LogP contribution < -0.4 is 20.1 Å². The number of fused-ring (bicyclic) bond motifs is 1. The quantitative estimate of drug-likeness (QED) is 0.877. The minimum Gasteiger partial charge on any atom is -0.454 e. The molecule has 1 aromatic heterocycles. The maximum atomic E-state index is 11.4. The molecule has 2 N–H and O–H groups in total. The second-order valence-corrected chi connectivity index (χ2v) is 4.42. The second kappa shape index (κ2) is 5.66. The zero-order valence-electron chi connectivity index (χ0n) is 11.4. The minimum atomic E-state index is -0.259. The Morgan fingerprint density at radius 2 is 2.05 bits per heavy atom. The Morgan fingerprint density at radius 1 is 1.19 bits per heavy atom. The lowest BCUT2D eigenvalue weighted by Crippen LogP contribution is -2.19. The van der Waals surface area contributed by atoms with Crippen LogP contribution in [0.2, 0.25) is 0 Å². The van der Waals surface area contributed by atoms with Gasteiger partial charge >= 0.3 is 0 Å². The van der Waals surface area contributed by atoms with E-state index in [-0.39, 0.29) is 18.4 Å². The molecule has 1 amide bonds. The highest BCUT2D eigenvalue weighted by atomic mass is 16.7. The number of nitrogens with one attached hydrogen (secondary N) is 2. The van der Waals surface area contributed by atoms with Gasteiger partial charge in [-0.15, -0.1) is 10.2 Å². The molecule has 0 radical (unpaired) electrons. The topological polar surface area (TPSA) is 85.4 Å². The van der Waals surface area contributed by atoms with E-state index in [2.05, 4.69) is 20.8 Å². The maximum Gasteiger partial charge on any atom is 0.271 e. The van der Waals surface area contributed by atoms with Gasteiger partial charge in [0.05, 0.1) is 0 Å². The third-order valence-corrected chi connectivity index (χ3v) is 3.03. The van der Waals surface area contributed by atoms with Gasteiger partial charge in [-0.25, -0.2) is 0 Å². The van der Waals surface area contributed by atoms with Crippen molar-refractivity contribution in [1.82, 2.24) is 15.5 Å². The van der Waals surface area contributed by atoms with E-state index in [0.29, 0.717) is 12.4 Å². The van der Waals surface area contributed by atoms with Gasteiger partial charge in [0.1, 0.15) is 5.82 Å². The van der Waals surface area contributed by atoms with E-state index in [9.17, 15) is 4.79 Å². The monoisotopic (exact) mass is 286 g/mol. The number of rotatable bonds is 4. The summed E-state index contributed by atoms with van der Waals surface area (Å²) in [7, 11) is 1.55. The highest BCUT2D eigenvalue weighted by Crippen LogP contribution is 2.32. The molecule has 0 unspecified atom stereocenters. The van der Waals surface area contributed by atoms with Gasteiger partial charge in [0, 0.05) is 13.6 Å². The first-order valence-corrected chi connectivity index (χ1v) is 6.44. The number of aromatic nitrogens is 2. The number of nitrogens with zero attached hydrogens (tertiary/aromatic N) is 2. The van der Waals surface area contributed by atoms with Crippen molar-refractivity contribution in [3.63, 3.8) is 0 Å². The molecule has 3 rings (SSSR count). The van der Waals surface area contributed by atoms with Crippen molar-refractivity contribution < 1.29 is 14.3 Å². The molecule has 1 aromatic carbocycles. The number of anilines is 1. The van der Waals surface area contributed by atoms with Crippen LogP contribution in [0, 0.1) is 0 Å². The van der Waals surface area contributed by atoms with Gasteiger partial charge in [0.25, 0.3) is 5.91 Å². The van der Waals surface area contributed by atoms with Crippen LogP contribution in [0.25, 0.3) is 0 Å². The molecule has 0 spiro atoms.